The molecule has 1 saturated heterocycles. The van der Waals surface area contributed by atoms with E-state index < -0.39 is 5.95 Å². The van der Waals surface area contributed by atoms with Crippen molar-refractivity contribution in [3.05, 3.63) is 59.5 Å². The number of fused-ring (bicyclic) bond motifs is 1. The van der Waals surface area contributed by atoms with Crippen LogP contribution in [-0.2, 0) is 11.2 Å². The van der Waals surface area contributed by atoms with Crippen LogP contribution in [0.5, 0.6) is 0 Å². The summed E-state index contributed by atoms with van der Waals surface area (Å²) in [5.74, 6) is -0.808. The molecule has 176 valence electrons. The first-order valence-corrected chi connectivity index (χ1v) is 11.4. The molecule has 3 aromatic rings. The molecule has 1 unspecified atom stereocenters. The molecule has 1 atom stereocenters. The van der Waals surface area contributed by atoms with Crippen LogP contribution in [0.4, 0.5) is 15.9 Å². The number of ether oxygens (including phenoxy) is 1. The monoisotopic (exact) mass is 462 g/mol. The summed E-state index contributed by atoms with van der Waals surface area (Å²) in [5, 5.41) is 6.09. The first-order valence-electron chi connectivity index (χ1n) is 11.4. The number of hydrogen-bond acceptors (Lipinski definition) is 7. The van der Waals surface area contributed by atoms with Gasteiger partial charge >= 0.3 is 0 Å². The molecular weight excluding hydrogens is 435 g/mol. The van der Waals surface area contributed by atoms with E-state index in [2.05, 4.69) is 25.5 Å². The van der Waals surface area contributed by atoms with Gasteiger partial charge in [0.15, 0.2) is 5.82 Å². The Kier molecular flexibility index (Phi) is 6.12. The minimum absolute atomic E-state index is 0.00237. The van der Waals surface area contributed by atoms with Crippen molar-refractivity contribution in [2.45, 2.75) is 12.5 Å². The summed E-state index contributed by atoms with van der Waals surface area (Å²) in [6.45, 7) is 3.71. The number of likely N-dealkylation sites (N-methyl/N-ethyl adjacent to an activating group) is 1. The highest BCUT2D eigenvalue weighted by Gasteiger charge is 2.25. The van der Waals surface area contributed by atoms with E-state index >= 15 is 0 Å². The van der Waals surface area contributed by atoms with Crippen molar-refractivity contribution in [1.82, 2.24) is 20.6 Å². The van der Waals surface area contributed by atoms with E-state index in [4.69, 9.17) is 10.5 Å². The summed E-state index contributed by atoms with van der Waals surface area (Å²) in [4.78, 5) is 23.2. The van der Waals surface area contributed by atoms with Gasteiger partial charge in [0, 0.05) is 48.1 Å². The molecule has 2 aliphatic heterocycles. The first-order chi connectivity index (χ1) is 16.5. The quantitative estimate of drug-likeness (QED) is 0.534. The number of carbonyl (C=O) groups excluding carboxylic acids is 1. The van der Waals surface area contributed by atoms with Crippen LogP contribution in [0.25, 0.3) is 22.5 Å². The van der Waals surface area contributed by atoms with Gasteiger partial charge in [-0.2, -0.15) is 9.37 Å². The minimum atomic E-state index is -0.716. The van der Waals surface area contributed by atoms with Gasteiger partial charge in [-0.15, -0.1) is 0 Å². The number of morpholine rings is 1. The largest absolute Gasteiger partial charge is 0.382 e. The molecule has 2 aromatic carbocycles. The van der Waals surface area contributed by atoms with Crippen LogP contribution in [0, 0.1) is 5.95 Å². The van der Waals surface area contributed by atoms with Crippen molar-refractivity contribution in [3.8, 4) is 22.5 Å². The number of anilines is 2. The summed E-state index contributed by atoms with van der Waals surface area (Å²) >= 11 is 0. The standard InChI is InChI=1S/C25H27FN6O2/c1-28-14-18-13-17-12-16(4-7-20(17)25(33)29-18)22-24(27)31-23(26)21(30-22)15-2-5-19(6-3-15)32-8-10-34-11-9-32/h2-7,12,18,28H,8-11,13-14H2,1H3,(H2,27,31)(H,29,33). The van der Waals surface area contributed by atoms with Crippen molar-refractivity contribution >= 4 is 17.4 Å². The normalized spacial score (nSPS) is 17.9. The van der Waals surface area contributed by atoms with Crippen LogP contribution < -0.4 is 21.3 Å². The van der Waals surface area contributed by atoms with Gasteiger partial charge in [0.2, 0.25) is 5.95 Å². The Morgan fingerprint density at radius 2 is 1.85 bits per heavy atom. The first kappa shape index (κ1) is 22.2. The summed E-state index contributed by atoms with van der Waals surface area (Å²) in [6.07, 6.45) is 0.681. The molecule has 2 aliphatic rings. The molecule has 4 N–H and O–H groups in total. The summed E-state index contributed by atoms with van der Waals surface area (Å²) in [6, 6.07) is 13.0. The smallest absolute Gasteiger partial charge is 0.251 e. The molecule has 1 fully saturated rings. The average molecular weight is 463 g/mol. The van der Waals surface area contributed by atoms with Crippen LogP contribution in [-0.4, -0.2) is 61.8 Å². The van der Waals surface area contributed by atoms with Gasteiger partial charge in [0.1, 0.15) is 11.4 Å². The Morgan fingerprint density at radius 3 is 2.59 bits per heavy atom. The maximum Gasteiger partial charge on any atom is 0.251 e. The average Bonchev–Trinajstić information content (AvgIpc) is 2.85. The lowest BCUT2D eigenvalue weighted by Crippen LogP contribution is -2.46. The lowest BCUT2D eigenvalue weighted by atomic mass is 9.92. The highest BCUT2D eigenvalue weighted by molar-refractivity contribution is 5.97. The van der Waals surface area contributed by atoms with E-state index in [-0.39, 0.29) is 23.5 Å². The van der Waals surface area contributed by atoms with Gasteiger partial charge in [-0.05, 0) is 43.3 Å². The molecule has 1 aromatic heterocycles. The number of carbonyl (C=O) groups is 1. The molecule has 5 rings (SSSR count). The summed E-state index contributed by atoms with van der Waals surface area (Å²) in [7, 11) is 1.85. The third-order valence-electron chi connectivity index (χ3n) is 6.27. The lowest BCUT2D eigenvalue weighted by Gasteiger charge is -2.28. The van der Waals surface area contributed by atoms with Crippen molar-refractivity contribution < 1.29 is 13.9 Å². The second kappa shape index (κ2) is 9.36. The van der Waals surface area contributed by atoms with Crippen molar-refractivity contribution in [1.29, 1.82) is 0 Å². The minimum Gasteiger partial charge on any atom is -0.382 e. The fourth-order valence-electron chi connectivity index (χ4n) is 4.56. The number of halogens is 1. The number of nitrogens with zero attached hydrogens (tertiary/aromatic N) is 3. The van der Waals surface area contributed by atoms with Crippen LogP contribution in [0.2, 0.25) is 0 Å². The van der Waals surface area contributed by atoms with E-state index in [9.17, 15) is 9.18 Å². The fourth-order valence-corrected chi connectivity index (χ4v) is 4.56. The SMILES string of the molecule is CNCC1Cc2cc(-c3nc(-c4ccc(N5CCOCC5)cc4)c(F)nc3N)ccc2C(=O)N1. The Balaban J connectivity index is 1.47. The Labute approximate surface area is 197 Å². The van der Waals surface area contributed by atoms with Gasteiger partial charge in [-0.3, -0.25) is 4.79 Å². The fraction of sp³-hybridized carbons (Fsp3) is 0.320. The molecule has 8 nitrogen and oxygen atoms in total. The Hall–Kier alpha value is -3.56. The highest BCUT2D eigenvalue weighted by Crippen LogP contribution is 2.31. The van der Waals surface area contributed by atoms with E-state index in [1.165, 1.54) is 0 Å². The van der Waals surface area contributed by atoms with Crippen LogP contribution in [0.3, 0.4) is 0 Å². The van der Waals surface area contributed by atoms with E-state index in [1.54, 1.807) is 12.1 Å². The molecule has 0 saturated carbocycles. The molecule has 0 spiro atoms. The van der Waals surface area contributed by atoms with E-state index in [0.717, 1.165) is 24.3 Å². The molecule has 3 heterocycles. The third kappa shape index (κ3) is 4.32. The lowest BCUT2D eigenvalue weighted by molar-refractivity contribution is 0.0925. The zero-order valence-electron chi connectivity index (χ0n) is 19.0. The number of nitrogen functional groups attached to an aromatic ring is 1. The Morgan fingerprint density at radius 1 is 1.12 bits per heavy atom. The predicted molar refractivity (Wildman–Crippen MR) is 129 cm³/mol. The molecule has 1 amide bonds. The molecule has 0 bridgehead atoms. The third-order valence-corrected chi connectivity index (χ3v) is 6.27. The van der Waals surface area contributed by atoms with Crippen LogP contribution >= 0.6 is 0 Å². The molecule has 0 aliphatic carbocycles. The number of nitrogens with one attached hydrogen (secondary N) is 2. The second-order valence-corrected chi connectivity index (χ2v) is 8.55. The van der Waals surface area contributed by atoms with Gasteiger partial charge < -0.3 is 26.0 Å². The van der Waals surface area contributed by atoms with Crippen molar-refractivity contribution in [2.24, 2.45) is 0 Å². The zero-order chi connectivity index (χ0) is 23.7. The highest BCUT2D eigenvalue weighted by atomic mass is 19.1. The Bertz CT molecular complexity index is 1210. The van der Waals surface area contributed by atoms with Crippen molar-refractivity contribution in [2.75, 3.05) is 50.5 Å². The summed E-state index contributed by atoms with van der Waals surface area (Å²) in [5.41, 5.74) is 10.5. The van der Waals surface area contributed by atoms with E-state index in [0.29, 0.717) is 48.6 Å². The predicted octanol–water partition coefficient (Wildman–Crippen LogP) is 2.24. The van der Waals surface area contributed by atoms with Crippen LogP contribution in [0.15, 0.2) is 42.5 Å². The van der Waals surface area contributed by atoms with Gasteiger partial charge in [0.05, 0.1) is 13.2 Å². The molecule has 9 heteroatoms. The number of hydrogen-bond donors (Lipinski definition) is 3. The number of aromatic nitrogens is 2. The number of amides is 1. The number of rotatable bonds is 5. The van der Waals surface area contributed by atoms with E-state index in [1.807, 2.05) is 37.4 Å². The maximum atomic E-state index is 14.8. The van der Waals surface area contributed by atoms with Gasteiger partial charge in [-0.25, -0.2) is 4.98 Å². The number of nitrogens with two attached hydrogens (primary N) is 1. The molecule has 34 heavy (non-hydrogen) atoms. The topological polar surface area (TPSA) is 105 Å². The zero-order valence-corrected chi connectivity index (χ0v) is 19.0. The van der Waals surface area contributed by atoms with Crippen molar-refractivity contribution in [3.63, 3.8) is 0 Å². The van der Waals surface area contributed by atoms with Gasteiger partial charge in [0.25, 0.3) is 5.91 Å². The molecule has 0 radical (unpaired) electrons. The second-order valence-electron chi connectivity index (χ2n) is 8.55. The maximum absolute atomic E-state index is 14.8. The van der Waals surface area contributed by atoms with Gasteiger partial charge in [-0.1, -0.05) is 18.2 Å². The molecular formula is C25H27FN6O2. The van der Waals surface area contributed by atoms with Crippen LogP contribution in [0.1, 0.15) is 15.9 Å². The number of benzene rings is 2. The summed E-state index contributed by atoms with van der Waals surface area (Å²) < 4.78 is 20.2.